The highest BCUT2D eigenvalue weighted by molar-refractivity contribution is 6.30. The molecule has 0 spiro atoms. The van der Waals surface area contributed by atoms with Gasteiger partial charge in [-0.25, -0.2) is 9.07 Å². The number of hydrogen-bond donors (Lipinski definition) is 2. The third kappa shape index (κ3) is 4.14. The normalized spacial score (nSPS) is 15.3. The maximum Gasteiger partial charge on any atom is 0.250 e. The first-order valence-corrected chi connectivity index (χ1v) is 9.68. The minimum Gasteiger partial charge on any atom is -0.324 e. The smallest absolute Gasteiger partial charge is 0.250 e. The number of anilines is 2. The summed E-state index contributed by atoms with van der Waals surface area (Å²) in [6.07, 6.45) is 3.11. The number of nitrogens with one attached hydrogen (secondary N) is 2. The van der Waals surface area contributed by atoms with Gasteiger partial charge in [0.1, 0.15) is 11.9 Å². The fraction of sp³-hybridized carbons (Fsp3) is 0.190. The molecule has 0 bridgehead atoms. The molecule has 2 N–H and O–H groups in total. The van der Waals surface area contributed by atoms with Gasteiger partial charge < -0.3 is 5.32 Å². The number of carbonyl (C=O) groups excluding carboxylic acids is 1. The summed E-state index contributed by atoms with van der Waals surface area (Å²) < 4.78 is 15.1. The van der Waals surface area contributed by atoms with Crippen molar-refractivity contribution in [3.8, 4) is 0 Å². The molecule has 0 fully saturated rings. The number of rotatable bonds is 5. The van der Waals surface area contributed by atoms with E-state index in [1.54, 1.807) is 16.8 Å². The van der Waals surface area contributed by atoms with Gasteiger partial charge in [0.05, 0.1) is 0 Å². The largest absolute Gasteiger partial charge is 0.324 e. The summed E-state index contributed by atoms with van der Waals surface area (Å²) in [5.74, 6) is 0.262. The molecule has 0 saturated heterocycles. The molecule has 0 saturated carbocycles. The van der Waals surface area contributed by atoms with E-state index in [-0.39, 0.29) is 23.7 Å². The Balaban J connectivity index is 1.73. The average molecular weight is 412 g/mol. The first-order valence-electron chi connectivity index (χ1n) is 9.30. The maximum atomic E-state index is 13.4. The van der Waals surface area contributed by atoms with E-state index < -0.39 is 0 Å². The molecular formula is C21H19ClFN5O. The van der Waals surface area contributed by atoms with Gasteiger partial charge in [-0.3, -0.25) is 10.1 Å². The van der Waals surface area contributed by atoms with E-state index >= 15 is 0 Å². The minimum absolute atomic E-state index is 0.139. The minimum atomic E-state index is -0.318. The Kier molecular flexibility index (Phi) is 5.31. The van der Waals surface area contributed by atoms with Crippen LogP contribution in [0.15, 0.2) is 54.6 Å². The fourth-order valence-corrected chi connectivity index (χ4v) is 3.28. The number of nitrogens with zero attached hydrogens (tertiary/aromatic N) is 3. The lowest BCUT2D eigenvalue weighted by Crippen LogP contribution is -2.20. The van der Waals surface area contributed by atoms with Crippen molar-refractivity contribution in [3.05, 3.63) is 76.6 Å². The van der Waals surface area contributed by atoms with E-state index in [1.165, 1.54) is 12.1 Å². The van der Waals surface area contributed by atoms with Crippen molar-refractivity contribution in [1.82, 2.24) is 14.8 Å². The van der Waals surface area contributed by atoms with E-state index in [2.05, 4.69) is 20.7 Å². The van der Waals surface area contributed by atoms with E-state index in [4.69, 9.17) is 11.6 Å². The van der Waals surface area contributed by atoms with Gasteiger partial charge >= 0.3 is 0 Å². The molecule has 0 radical (unpaired) electrons. The lowest BCUT2D eigenvalue weighted by atomic mass is 10.0. The van der Waals surface area contributed by atoms with Crippen LogP contribution in [0.3, 0.4) is 0 Å². The van der Waals surface area contributed by atoms with Gasteiger partial charge in [0.25, 0.3) is 5.95 Å². The number of amides is 1. The Labute approximate surface area is 172 Å². The van der Waals surface area contributed by atoms with Crippen LogP contribution in [0.4, 0.5) is 16.3 Å². The lowest BCUT2D eigenvalue weighted by Gasteiger charge is -2.24. The molecule has 6 nitrogen and oxygen atoms in total. The standard InChI is InChI=1S/C21H19ClFN5O/c1-2-3-19(29)25-20-26-21-24-17(13-4-8-15(22)9-5-13)12-18(28(21)27-20)14-6-10-16(23)11-7-14/h4-12,18H,2-3H2,1H3,(H2,24,25,26,27,29). The first kappa shape index (κ1) is 19.1. The summed E-state index contributed by atoms with van der Waals surface area (Å²) in [5, 5.41) is 11.1. The van der Waals surface area contributed by atoms with Crippen molar-refractivity contribution >= 4 is 35.1 Å². The predicted molar refractivity (Wildman–Crippen MR) is 111 cm³/mol. The molecule has 4 rings (SSSR count). The Bertz CT molecular complexity index is 1060. The van der Waals surface area contributed by atoms with E-state index in [0.29, 0.717) is 17.4 Å². The predicted octanol–water partition coefficient (Wildman–Crippen LogP) is 4.87. The van der Waals surface area contributed by atoms with Crippen LogP contribution in [0.5, 0.6) is 0 Å². The van der Waals surface area contributed by atoms with Gasteiger partial charge in [0, 0.05) is 17.1 Å². The first-order chi connectivity index (χ1) is 14.0. The molecule has 148 valence electrons. The summed E-state index contributed by atoms with van der Waals surface area (Å²) in [5.41, 5.74) is 2.59. The van der Waals surface area contributed by atoms with Gasteiger partial charge in [-0.05, 0) is 47.9 Å². The molecule has 0 aliphatic carbocycles. The van der Waals surface area contributed by atoms with Gasteiger partial charge in [0.15, 0.2) is 0 Å². The molecule has 8 heteroatoms. The van der Waals surface area contributed by atoms with E-state index in [1.807, 2.05) is 37.3 Å². The maximum absolute atomic E-state index is 13.4. The lowest BCUT2D eigenvalue weighted by molar-refractivity contribution is -0.116. The second kappa shape index (κ2) is 8.05. The number of fused-ring (bicyclic) bond motifs is 1. The van der Waals surface area contributed by atoms with Crippen LogP contribution in [0.25, 0.3) is 5.70 Å². The highest BCUT2D eigenvalue weighted by atomic mass is 35.5. The molecule has 3 aromatic rings. The summed E-state index contributed by atoms with van der Waals surface area (Å²) in [6.45, 7) is 1.93. The molecule has 2 aromatic carbocycles. The number of aromatic nitrogens is 3. The Hall–Kier alpha value is -3.19. The number of halogens is 2. The number of hydrogen-bond acceptors (Lipinski definition) is 4. The van der Waals surface area contributed by atoms with Crippen LogP contribution in [-0.4, -0.2) is 20.7 Å². The zero-order chi connectivity index (χ0) is 20.4. The zero-order valence-corrected chi connectivity index (χ0v) is 16.4. The number of allylic oxidation sites excluding steroid dienone is 1. The third-order valence-corrected chi connectivity index (χ3v) is 4.81. The van der Waals surface area contributed by atoms with Crippen molar-refractivity contribution in [2.24, 2.45) is 0 Å². The number of carbonyl (C=O) groups is 1. The van der Waals surface area contributed by atoms with Crippen molar-refractivity contribution in [2.45, 2.75) is 25.8 Å². The molecule has 29 heavy (non-hydrogen) atoms. The van der Waals surface area contributed by atoms with Crippen LogP contribution < -0.4 is 10.6 Å². The molecule has 1 aliphatic rings. The molecular weight excluding hydrogens is 393 g/mol. The monoisotopic (exact) mass is 411 g/mol. The SMILES string of the molecule is CCCC(=O)Nc1nc2n(n1)C(c1ccc(F)cc1)C=C(c1ccc(Cl)cc1)N2. The second-order valence-corrected chi connectivity index (χ2v) is 7.15. The Morgan fingerprint density at radius 2 is 1.93 bits per heavy atom. The van der Waals surface area contributed by atoms with Crippen LogP contribution >= 0.6 is 11.6 Å². The highest BCUT2D eigenvalue weighted by Crippen LogP contribution is 2.33. The van der Waals surface area contributed by atoms with Crippen molar-refractivity contribution in [1.29, 1.82) is 0 Å². The van der Waals surface area contributed by atoms with Crippen molar-refractivity contribution in [3.63, 3.8) is 0 Å². The Morgan fingerprint density at radius 3 is 2.62 bits per heavy atom. The highest BCUT2D eigenvalue weighted by Gasteiger charge is 2.25. The van der Waals surface area contributed by atoms with Crippen LogP contribution in [-0.2, 0) is 4.79 Å². The topological polar surface area (TPSA) is 71.8 Å². The summed E-state index contributed by atoms with van der Waals surface area (Å²) in [6, 6.07) is 13.3. The van der Waals surface area contributed by atoms with E-state index in [0.717, 1.165) is 23.2 Å². The van der Waals surface area contributed by atoms with Gasteiger partial charge in [-0.15, -0.1) is 5.10 Å². The number of benzene rings is 2. The quantitative estimate of drug-likeness (QED) is 0.628. The summed E-state index contributed by atoms with van der Waals surface area (Å²) in [4.78, 5) is 16.4. The third-order valence-electron chi connectivity index (χ3n) is 4.56. The fourth-order valence-electron chi connectivity index (χ4n) is 3.16. The van der Waals surface area contributed by atoms with Crippen LogP contribution in [0.1, 0.15) is 36.9 Å². The summed E-state index contributed by atoms with van der Waals surface area (Å²) in [7, 11) is 0. The molecule has 1 atom stereocenters. The van der Waals surface area contributed by atoms with Crippen LogP contribution in [0, 0.1) is 5.82 Å². The van der Waals surface area contributed by atoms with Crippen molar-refractivity contribution < 1.29 is 9.18 Å². The van der Waals surface area contributed by atoms with Crippen LogP contribution in [0.2, 0.25) is 5.02 Å². The van der Waals surface area contributed by atoms with Gasteiger partial charge in [0.2, 0.25) is 11.9 Å². The van der Waals surface area contributed by atoms with Gasteiger partial charge in [-0.1, -0.05) is 42.8 Å². The van der Waals surface area contributed by atoms with E-state index in [9.17, 15) is 9.18 Å². The molecule has 2 heterocycles. The second-order valence-electron chi connectivity index (χ2n) is 6.71. The average Bonchev–Trinajstić information content (AvgIpc) is 3.11. The molecule has 1 aromatic heterocycles. The molecule has 1 unspecified atom stereocenters. The van der Waals surface area contributed by atoms with Gasteiger partial charge in [-0.2, -0.15) is 4.98 Å². The van der Waals surface area contributed by atoms with Crippen molar-refractivity contribution in [2.75, 3.05) is 10.6 Å². The summed E-state index contributed by atoms with van der Waals surface area (Å²) >= 11 is 6.01. The zero-order valence-electron chi connectivity index (χ0n) is 15.7. The molecule has 1 amide bonds. The Morgan fingerprint density at radius 1 is 1.21 bits per heavy atom. The molecule has 1 aliphatic heterocycles.